The minimum absolute atomic E-state index is 0.567. The summed E-state index contributed by atoms with van der Waals surface area (Å²) in [5, 5.41) is 0.655. The molecule has 2 nitrogen and oxygen atoms in total. The molecule has 76 valence electrons. The fourth-order valence-corrected chi connectivity index (χ4v) is 2.19. The van der Waals surface area contributed by atoms with Gasteiger partial charge in [0.25, 0.3) is 0 Å². The Morgan fingerprint density at radius 3 is 2.50 bits per heavy atom. The van der Waals surface area contributed by atoms with Crippen LogP contribution in [0.2, 0.25) is 5.15 Å². The van der Waals surface area contributed by atoms with Crippen LogP contribution in [0.3, 0.4) is 0 Å². The highest BCUT2D eigenvalue weighted by Gasteiger charge is 2.23. The quantitative estimate of drug-likeness (QED) is 0.701. The molecule has 0 saturated heterocycles. The van der Waals surface area contributed by atoms with Gasteiger partial charge in [-0.1, -0.05) is 24.9 Å². The van der Waals surface area contributed by atoms with Crippen LogP contribution in [0.25, 0.3) is 0 Å². The molecule has 1 aromatic rings. The van der Waals surface area contributed by atoms with Crippen LogP contribution < -0.4 is 0 Å². The van der Waals surface area contributed by atoms with E-state index in [4.69, 9.17) is 11.6 Å². The van der Waals surface area contributed by atoms with Crippen LogP contribution in [0.15, 0.2) is 0 Å². The highest BCUT2D eigenvalue weighted by molar-refractivity contribution is 6.30. The summed E-state index contributed by atoms with van der Waals surface area (Å²) in [6.45, 7) is 4.11. The van der Waals surface area contributed by atoms with Crippen molar-refractivity contribution in [2.45, 2.75) is 45.4 Å². The number of rotatable bonds is 2. The molecule has 1 aliphatic carbocycles. The maximum atomic E-state index is 6.11. The molecule has 0 amide bonds. The van der Waals surface area contributed by atoms with Gasteiger partial charge in [-0.25, -0.2) is 9.97 Å². The Bertz CT molecular complexity index is 322. The lowest BCUT2D eigenvalue weighted by atomic mass is 9.85. The molecule has 1 aromatic heterocycles. The van der Waals surface area contributed by atoms with Gasteiger partial charge in [0.05, 0.1) is 0 Å². The van der Waals surface area contributed by atoms with Gasteiger partial charge in [-0.3, -0.25) is 0 Å². The van der Waals surface area contributed by atoms with Gasteiger partial charge in [-0.2, -0.15) is 0 Å². The zero-order valence-corrected chi connectivity index (χ0v) is 9.43. The Morgan fingerprint density at radius 1 is 1.36 bits per heavy atom. The summed E-state index contributed by atoms with van der Waals surface area (Å²) in [7, 11) is 0. The van der Waals surface area contributed by atoms with Crippen molar-refractivity contribution in [3.63, 3.8) is 0 Å². The average molecular weight is 211 g/mol. The number of aromatic nitrogens is 2. The van der Waals surface area contributed by atoms with Gasteiger partial charge in [-0.15, -0.1) is 0 Å². The van der Waals surface area contributed by atoms with Crippen molar-refractivity contribution in [3.8, 4) is 0 Å². The standard InChI is InChI=1S/C11H15ClN2/c1-3-9-7(2)13-11(14-10(9)12)8-5-4-6-8/h8H,3-6H2,1-2H3. The van der Waals surface area contributed by atoms with Crippen molar-refractivity contribution in [1.29, 1.82) is 0 Å². The van der Waals surface area contributed by atoms with Gasteiger partial charge in [0.15, 0.2) is 0 Å². The first kappa shape index (κ1) is 9.91. The Kier molecular flexibility index (Phi) is 2.73. The summed E-state index contributed by atoms with van der Waals surface area (Å²) in [6.07, 6.45) is 4.66. The zero-order chi connectivity index (χ0) is 10.1. The summed E-state index contributed by atoms with van der Waals surface area (Å²) in [5.41, 5.74) is 2.14. The molecule has 2 rings (SSSR count). The van der Waals surface area contributed by atoms with E-state index in [0.717, 1.165) is 23.5 Å². The molecule has 1 saturated carbocycles. The molecule has 0 atom stereocenters. The molecular formula is C11H15ClN2. The van der Waals surface area contributed by atoms with Gasteiger partial charge in [-0.05, 0) is 26.2 Å². The van der Waals surface area contributed by atoms with E-state index in [-0.39, 0.29) is 0 Å². The molecule has 0 bridgehead atoms. The molecule has 3 heteroatoms. The van der Waals surface area contributed by atoms with Crippen LogP contribution in [0, 0.1) is 6.92 Å². The van der Waals surface area contributed by atoms with Crippen LogP contribution in [0.4, 0.5) is 0 Å². The molecule has 0 spiro atoms. The second-order valence-electron chi connectivity index (χ2n) is 3.92. The predicted molar refractivity (Wildman–Crippen MR) is 57.7 cm³/mol. The molecule has 0 unspecified atom stereocenters. The van der Waals surface area contributed by atoms with E-state index in [9.17, 15) is 0 Å². The molecule has 0 N–H and O–H groups in total. The predicted octanol–water partition coefficient (Wildman–Crippen LogP) is 3.27. The molecule has 0 aromatic carbocycles. The van der Waals surface area contributed by atoms with Gasteiger partial charge in [0, 0.05) is 17.2 Å². The number of aryl methyl sites for hydroxylation is 1. The molecular weight excluding hydrogens is 196 g/mol. The monoisotopic (exact) mass is 210 g/mol. The SMILES string of the molecule is CCc1c(C)nc(C2CCC2)nc1Cl. The van der Waals surface area contributed by atoms with E-state index in [0.29, 0.717) is 11.1 Å². The fourth-order valence-electron chi connectivity index (χ4n) is 1.83. The lowest BCUT2D eigenvalue weighted by molar-refractivity contribution is 0.400. The van der Waals surface area contributed by atoms with Crippen molar-refractivity contribution in [2.75, 3.05) is 0 Å². The summed E-state index contributed by atoms with van der Waals surface area (Å²) >= 11 is 6.11. The molecule has 1 heterocycles. The van der Waals surface area contributed by atoms with E-state index in [1.165, 1.54) is 19.3 Å². The summed E-state index contributed by atoms with van der Waals surface area (Å²) < 4.78 is 0. The number of halogens is 1. The Morgan fingerprint density at radius 2 is 2.07 bits per heavy atom. The summed E-state index contributed by atoms with van der Waals surface area (Å²) in [6, 6.07) is 0. The number of hydrogen-bond acceptors (Lipinski definition) is 2. The Labute approximate surface area is 89.7 Å². The maximum Gasteiger partial charge on any atom is 0.136 e. The van der Waals surface area contributed by atoms with Crippen molar-refractivity contribution in [2.24, 2.45) is 0 Å². The molecule has 0 aliphatic heterocycles. The third kappa shape index (κ3) is 1.63. The third-order valence-electron chi connectivity index (χ3n) is 3.00. The topological polar surface area (TPSA) is 25.8 Å². The van der Waals surface area contributed by atoms with Gasteiger partial charge < -0.3 is 0 Å². The molecule has 0 radical (unpaired) electrons. The van der Waals surface area contributed by atoms with Crippen molar-refractivity contribution in [3.05, 3.63) is 22.2 Å². The minimum Gasteiger partial charge on any atom is -0.238 e. The van der Waals surface area contributed by atoms with Crippen LogP contribution in [0.5, 0.6) is 0 Å². The largest absolute Gasteiger partial charge is 0.238 e. The molecule has 14 heavy (non-hydrogen) atoms. The van der Waals surface area contributed by atoms with Crippen LogP contribution >= 0.6 is 11.6 Å². The van der Waals surface area contributed by atoms with Crippen molar-refractivity contribution >= 4 is 11.6 Å². The van der Waals surface area contributed by atoms with E-state index in [2.05, 4.69) is 16.9 Å². The highest BCUT2D eigenvalue weighted by Crippen LogP contribution is 2.35. The first-order valence-corrected chi connectivity index (χ1v) is 5.63. The Balaban J connectivity index is 2.35. The van der Waals surface area contributed by atoms with E-state index >= 15 is 0 Å². The summed E-state index contributed by atoms with van der Waals surface area (Å²) in [5.74, 6) is 1.52. The van der Waals surface area contributed by atoms with E-state index in [1.807, 2.05) is 6.92 Å². The summed E-state index contributed by atoms with van der Waals surface area (Å²) in [4.78, 5) is 8.91. The smallest absolute Gasteiger partial charge is 0.136 e. The third-order valence-corrected chi connectivity index (χ3v) is 3.32. The zero-order valence-electron chi connectivity index (χ0n) is 8.68. The first-order chi connectivity index (χ1) is 6.72. The van der Waals surface area contributed by atoms with E-state index in [1.54, 1.807) is 0 Å². The van der Waals surface area contributed by atoms with Crippen LogP contribution in [-0.4, -0.2) is 9.97 Å². The molecule has 1 aliphatic rings. The fraction of sp³-hybridized carbons (Fsp3) is 0.636. The van der Waals surface area contributed by atoms with Crippen molar-refractivity contribution < 1.29 is 0 Å². The first-order valence-electron chi connectivity index (χ1n) is 5.25. The Hall–Kier alpha value is -0.630. The number of nitrogens with zero attached hydrogens (tertiary/aromatic N) is 2. The highest BCUT2D eigenvalue weighted by atomic mass is 35.5. The van der Waals surface area contributed by atoms with Crippen LogP contribution in [-0.2, 0) is 6.42 Å². The minimum atomic E-state index is 0.567. The van der Waals surface area contributed by atoms with Crippen molar-refractivity contribution in [1.82, 2.24) is 9.97 Å². The van der Waals surface area contributed by atoms with Gasteiger partial charge in [0.2, 0.25) is 0 Å². The van der Waals surface area contributed by atoms with Gasteiger partial charge in [0.1, 0.15) is 11.0 Å². The van der Waals surface area contributed by atoms with E-state index < -0.39 is 0 Å². The van der Waals surface area contributed by atoms with Gasteiger partial charge >= 0.3 is 0 Å². The number of hydrogen-bond donors (Lipinski definition) is 0. The maximum absolute atomic E-state index is 6.11. The molecule has 1 fully saturated rings. The second kappa shape index (κ2) is 3.85. The lowest BCUT2D eigenvalue weighted by Crippen LogP contribution is -2.14. The second-order valence-corrected chi connectivity index (χ2v) is 4.28. The van der Waals surface area contributed by atoms with Crippen LogP contribution in [0.1, 0.15) is 49.2 Å². The normalized spacial score (nSPS) is 16.8. The lowest BCUT2D eigenvalue weighted by Gasteiger charge is -2.24. The average Bonchev–Trinajstić information content (AvgIpc) is 2.00.